The fourth-order valence-corrected chi connectivity index (χ4v) is 3.92. The maximum Gasteiger partial charge on any atom is 0.335 e. The second-order valence-corrected chi connectivity index (χ2v) is 8.45. The van der Waals surface area contributed by atoms with Gasteiger partial charge in [-0.3, -0.25) is 10.1 Å². The molecule has 0 heterocycles. The molecule has 0 radical (unpaired) electrons. The van der Waals surface area contributed by atoms with Crippen LogP contribution in [0.15, 0.2) is 94.7 Å². The summed E-state index contributed by atoms with van der Waals surface area (Å²) < 4.78 is 25.3. The number of rotatable bonds is 6. The molecule has 3 rings (SSSR count). The quantitative estimate of drug-likeness (QED) is 0.305. The third kappa shape index (κ3) is 6.58. The van der Waals surface area contributed by atoms with E-state index < -0.39 is 26.7 Å². The van der Waals surface area contributed by atoms with Crippen molar-refractivity contribution in [3.63, 3.8) is 0 Å². The van der Waals surface area contributed by atoms with E-state index in [-0.39, 0.29) is 21.0 Å². The van der Waals surface area contributed by atoms with Gasteiger partial charge in [-0.2, -0.15) is 0 Å². The normalized spacial score (nSPS) is 10.8. The summed E-state index contributed by atoms with van der Waals surface area (Å²) in [5.41, 5.74) is 1.41. The van der Waals surface area contributed by atoms with Gasteiger partial charge >= 0.3 is 11.9 Å². The molecule has 0 saturated heterocycles. The lowest BCUT2D eigenvalue weighted by Crippen LogP contribution is -2.03. The van der Waals surface area contributed by atoms with Crippen molar-refractivity contribution in [3.8, 4) is 11.1 Å². The second-order valence-electron chi connectivity index (χ2n) is 6.50. The molecular weight excluding hydrogens is 450 g/mol. The Morgan fingerprint density at radius 2 is 1.24 bits per heavy atom. The van der Waals surface area contributed by atoms with Crippen molar-refractivity contribution in [2.24, 2.45) is 0 Å². The standard InChI is InChI=1S/C19H13NO6S.C4H6O2/c21-19(22)15-5-11-18(12-6-15)27(25,26)17-9-3-14(4-10-17)13-1-7-16(8-2-13)20(23)24;1-2-3-4(5)6/h1-12H,(H,21,22);2-3H,1H3,(H,5,6)/b;3-2+. The van der Waals surface area contributed by atoms with E-state index in [2.05, 4.69) is 0 Å². The van der Waals surface area contributed by atoms with Crippen LogP contribution in [0.25, 0.3) is 11.1 Å². The third-order valence-corrected chi connectivity index (χ3v) is 6.08. The van der Waals surface area contributed by atoms with E-state index in [0.29, 0.717) is 5.56 Å². The van der Waals surface area contributed by atoms with E-state index in [1.54, 1.807) is 31.2 Å². The van der Waals surface area contributed by atoms with Gasteiger partial charge in [0.2, 0.25) is 9.84 Å². The van der Waals surface area contributed by atoms with Gasteiger partial charge in [-0.15, -0.1) is 0 Å². The number of carbonyl (C=O) groups is 2. The topological polar surface area (TPSA) is 152 Å². The average Bonchev–Trinajstić information content (AvgIpc) is 2.79. The van der Waals surface area contributed by atoms with Crippen LogP contribution in [-0.2, 0) is 14.6 Å². The van der Waals surface area contributed by atoms with Crippen molar-refractivity contribution in [1.82, 2.24) is 0 Å². The molecule has 0 amide bonds. The van der Waals surface area contributed by atoms with Crippen molar-refractivity contribution >= 4 is 27.5 Å². The minimum Gasteiger partial charge on any atom is -0.478 e. The molecule has 2 N–H and O–H groups in total. The van der Waals surface area contributed by atoms with E-state index in [1.165, 1.54) is 54.6 Å². The fourth-order valence-electron chi connectivity index (χ4n) is 2.66. The Balaban J connectivity index is 0.000000569. The maximum atomic E-state index is 12.7. The number of non-ortho nitro benzene ring substituents is 1. The van der Waals surface area contributed by atoms with Crippen LogP contribution in [0.3, 0.4) is 0 Å². The number of allylic oxidation sites excluding steroid dienone is 1. The summed E-state index contributed by atoms with van der Waals surface area (Å²) >= 11 is 0. The molecule has 3 aromatic rings. The summed E-state index contributed by atoms with van der Waals surface area (Å²) in [7, 11) is -3.78. The van der Waals surface area contributed by atoms with Crippen molar-refractivity contribution in [2.45, 2.75) is 16.7 Å². The van der Waals surface area contributed by atoms with Gasteiger partial charge in [-0.05, 0) is 66.6 Å². The summed E-state index contributed by atoms with van der Waals surface area (Å²) in [6.45, 7) is 1.66. The molecule has 0 saturated carbocycles. The van der Waals surface area contributed by atoms with Crippen LogP contribution in [0.4, 0.5) is 5.69 Å². The van der Waals surface area contributed by atoms with Crippen LogP contribution in [-0.4, -0.2) is 35.5 Å². The maximum absolute atomic E-state index is 12.7. The van der Waals surface area contributed by atoms with Gasteiger partial charge in [0, 0.05) is 18.2 Å². The molecule has 0 spiro atoms. The lowest BCUT2D eigenvalue weighted by molar-refractivity contribution is -0.384. The van der Waals surface area contributed by atoms with Crippen LogP contribution in [0.1, 0.15) is 17.3 Å². The van der Waals surface area contributed by atoms with Gasteiger partial charge in [-0.25, -0.2) is 18.0 Å². The zero-order valence-electron chi connectivity index (χ0n) is 17.3. The first-order valence-electron chi connectivity index (χ1n) is 9.35. The number of sulfone groups is 1. The molecule has 0 aliphatic carbocycles. The van der Waals surface area contributed by atoms with Gasteiger partial charge in [-0.1, -0.05) is 18.2 Å². The molecule has 170 valence electrons. The molecule has 0 aliphatic heterocycles. The summed E-state index contributed by atoms with van der Waals surface area (Å²) in [6, 6.07) is 17.0. The fraction of sp³-hybridized carbons (Fsp3) is 0.0435. The average molecular weight is 469 g/mol. The predicted octanol–water partition coefficient (Wildman–Crippen LogP) is 4.44. The Hall–Kier alpha value is -4.31. The molecule has 33 heavy (non-hydrogen) atoms. The van der Waals surface area contributed by atoms with E-state index in [0.717, 1.165) is 11.6 Å². The highest BCUT2D eigenvalue weighted by molar-refractivity contribution is 7.91. The number of carboxylic acids is 2. The number of nitro benzene ring substituents is 1. The Morgan fingerprint density at radius 3 is 1.58 bits per heavy atom. The summed E-state index contributed by atoms with van der Waals surface area (Å²) in [6.07, 6.45) is 2.56. The first-order chi connectivity index (χ1) is 15.6. The third-order valence-electron chi connectivity index (χ3n) is 4.30. The first-order valence-corrected chi connectivity index (χ1v) is 10.8. The van der Waals surface area contributed by atoms with Gasteiger partial charge in [0.05, 0.1) is 20.3 Å². The highest BCUT2D eigenvalue weighted by Gasteiger charge is 2.18. The van der Waals surface area contributed by atoms with Gasteiger partial charge in [0.15, 0.2) is 0 Å². The van der Waals surface area contributed by atoms with Crippen LogP contribution < -0.4 is 0 Å². The summed E-state index contributed by atoms with van der Waals surface area (Å²) in [4.78, 5) is 30.7. The van der Waals surface area contributed by atoms with Crippen molar-refractivity contribution < 1.29 is 33.1 Å². The molecular formula is C23H19NO8S. The Bertz CT molecular complexity index is 1280. The van der Waals surface area contributed by atoms with Gasteiger partial charge in [0.25, 0.3) is 5.69 Å². The molecule has 0 atom stereocenters. The molecule has 10 heteroatoms. The van der Waals surface area contributed by atoms with Crippen molar-refractivity contribution in [3.05, 3.63) is 101 Å². The van der Waals surface area contributed by atoms with E-state index in [9.17, 15) is 28.1 Å². The number of aromatic carboxylic acids is 1. The highest BCUT2D eigenvalue weighted by Crippen LogP contribution is 2.26. The number of aliphatic carboxylic acids is 1. The molecule has 0 aromatic heterocycles. The molecule has 0 bridgehead atoms. The highest BCUT2D eigenvalue weighted by atomic mass is 32.2. The number of nitrogens with zero attached hydrogens (tertiary/aromatic N) is 1. The first kappa shape index (κ1) is 25.0. The Labute approximate surface area is 189 Å². The molecule has 0 aliphatic rings. The number of hydrogen-bond acceptors (Lipinski definition) is 6. The largest absolute Gasteiger partial charge is 0.478 e. The van der Waals surface area contributed by atoms with Crippen molar-refractivity contribution in [2.75, 3.05) is 0 Å². The lowest BCUT2D eigenvalue weighted by Gasteiger charge is -2.07. The number of hydrogen-bond donors (Lipinski definition) is 2. The van der Waals surface area contributed by atoms with E-state index >= 15 is 0 Å². The monoisotopic (exact) mass is 469 g/mol. The summed E-state index contributed by atoms with van der Waals surface area (Å²) in [5.74, 6) is -2.02. The van der Waals surface area contributed by atoms with Crippen LogP contribution in [0, 0.1) is 10.1 Å². The predicted molar refractivity (Wildman–Crippen MR) is 120 cm³/mol. The minimum absolute atomic E-state index is 0.00229. The van der Waals surface area contributed by atoms with E-state index in [4.69, 9.17) is 10.2 Å². The summed E-state index contributed by atoms with van der Waals surface area (Å²) in [5, 5.41) is 27.4. The van der Waals surface area contributed by atoms with E-state index in [1.807, 2.05) is 0 Å². The molecule has 9 nitrogen and oxygen atoms in total. The smallest absolute Gasteiger partial charge is 0.335 e. The van der Waals surface area contributed by atoms with Crippen LogP contribution in [0.2, 0.25) is 0 Å². The van der Waals surface area contributed by atoms with Crippen LogP contribution in [0.5, 0.6) is 0 Å². The lowest BCUT2D eigenvalue weighted by atomic mass is 10.1. The number of carboxylic acid groups (broad SMARTS) is 2. The zero-order valence-corrected chi connectivity index (χ0v) is 18.1. The molecule has 0 fully saturated rings. The Morgan fingerprint density at radius 1 is 0.818 bits per heavy atom. The van der Waals surface area contributed by atoms with Crippen molar-refractivity contribution in [1.29, 1.82) is 0 Å². The zero-order chi connectivity index (χ0) is 24.6. The molecule has 3 aromatic carbocycles. The molecule has 0 unspecified atom stereocenters. The van der Waals surface area contributed by atoms with Gasteiger partial charge < -0.3 is 10.2 Å². The SMILES string of the molecule is C/C=C/C(=O)O.O=C(O)c1ccc(S(=O)(=O)c2ccc(-c3ccc([N+](=O)[O-])cc3)cc2)cc1. The van der Waals surface area contributed by atoms with Gasteiger partial charge in [0.1, 0.15) is 0 Å². The Kier molecular flexibility index (Phi) is 8.18. The minimum atomic E-state index is -3.78. The second kappa shape index (κ2) is 10.8. The number of nitro groups is 1. The van der Waals surface area contributed by atoms with Crippen LogP contribution >= 0.6 is 0 Å². The number of benzene rings is 3.